The first kappa shape index (κ1) is 39.4. The fourth-order valence-corrected chi connectivity index (χ4v) is 8.91. The number of hydrogen-bond acceptors (Lipinski definition) is 4. The molecule has 0 spiro atoms. The van der Waals surface area contributed by atoms with E-state index in [1.807, 2.05) is 83.4 Å². The number of nitrogens with zero attached hydrogens (tertiary/aromatic N) is 4. The summed E-state index contributed by atoms with van der Waals surface area (Å²) in [6, 6.07) is 71.4. The molecule has 0 saturated heterocycles. The van der Waals surface area contributed by atoms with Crippen LogP contribution in [0.1, 0.15) is 29.1 Å². The number of benzene rings is 8. The van der Waals surface area contributed by atoms with E-state index in [0.717, 1.165) is 72.4 Å². The van der Waals surface area contributed by atoms with Gasteiger partial charge in [-0.05, 0) is 63.7 Å². The predicted molar refractivity (Wildman–Crippen MR) is 264 cm³/mol. The summed E-state index contributed by atoms with van der Waals surface area (Å²) in [4.78, 5) is 9.36. The maximum absolute atomic E-state index is 9.78. The average Bonchev–Trinajstić information content (AvgIpc) is 3.89. The van der Waals surface area contributed by atoms with Gasteiger partial charge in [-0.1, -0.05) is 166 Å². The van der Waals surface area contributed by atoms with E-state index in [9.17, 15) is 2.74 Å². The molecule has 5 nitrogen and oxygen atoms in total. The summed E-state index contributed by atoms with van der Waals surface area (Å²) >= 11 is 0. The minimum absolute atomic E-state index is 0. The quantitative estimate of drug-likeness (QED) is 0.135. The minimum Gasteiger partial charge on any atom is -0.509 e. The molecular formula is C59H45N4OPt-3. The van der Waals surface area contributed by atoms with Crippen molar-refractivity contribution in [2.75, 3.05) is 9.80 Å². The predicted octanol–water partition coefficient (Wildman–Crippen LogP) is 15.6. The smallest absolute Gasteiger partial charge is 0.135 e. The first-order chi connectivity index (χ1) is 32.2. The first-order valence-corrected chi connectivity index (χ1v) is 21.7. The summed E-state index contributed by atoms with van der Waals surface area (Å²) in [5, 5.41) is 1.94. The molecule has 0 amide bonds. The molecule has 0 saturated carbocycles. The van der Waals surface area contributed by atoms with E-state index >= 15 is 0 Å². The second kappa shape index (κ2) is 17.4. The number of aromatic nitrogens is 2. The van der Waals surface area contributed by atoms with Gasteiger partial charge in [-0.3, -0.25) is 0 Å². The molecule has 0 aliphatic carbocycles. The maximum Gasteiger partial charge on any atom is 0.135 e. The Labute approximate surface area is 398 Å². The van der Waals surface area contributed by atoms with E-state index in [1.54, 1.807) is 0 Å². The second-order valence-electron chi connectivity index (χ2n) is 17.3. The summed E-state index contributed by atoms with van der Waals surface area (Å²) in [7, 11) is 0. The molecule has 0 radical (unpaired) electrons. The molecule has 0 N–H and O–H groups in total. The second-order valence-corrected chi connectivity index (χ2v) is 17.3. The first-order valence-electron chi connectivity index (χ1n) is 22.7. The van der Waals surface area contributed by atoms with Crippen molar-refractivity contribution >= 4 is 44.6 Å². The normalized spacial score (nSPS) is 12.8. The molecule has 6 heteroatoms. The molecule has 10 aromatic rings. The number of pyridine rings is 1. The van der Waals surface area contributed by atoms with E-state index in [0.29, 0.717) is 40.9 Å². The van der Waals surface area contributed by atoms with Crippen LogP contribution in [0, 0.1) is 24.2 Å². The van der Waals surface area contributed by atoms with Crippen molar-refractivity contribution in [1.29, 1.82) is 0 Å². The summed E-state index contributed by atoms with van der Waals surface area (Å²) in [6.07, 6.45) is 0.735. The van der Waals surface area contributed by atoms with E-state index < -0.39 is 0 Å². The molecule has 2 aromatic heterocycles. The SMILES string of the molecule is [2H]c1nc(-n2c3[c-]c(Oc4[c-]c(N5[CH-]N(c6c(-c7ccccc7)cccc6-c6ccccc6)c6ccccc65)ccc4)ccc3c3ccccc32)c([2H])c(CC(C)(C)C)c1-c1ccccc1.[Pt]. The Morgan fingerprint density at radius 2 is 1.14 bits per heavy atom. The summed E-state index contributed by atoms with van der Waals surface area (Å²) in [5.41, 5.74) is 12.3. The van der Waals surface area contributed by atoms with Gasteiger partial charge in [0.05, 0.1) is 2.74 Å². The van der Waals surface area contributed by atoms with Crippen LogP contribution in [-0.4, -0.2) is 9.55 Å². The Bertz CT molecular complexity index is 3370. The Kier molecular flexibility index (Phi) is 10.5. The van der Waals surface area contributed by atoms with Gasteiger partial charge in [0.2, 0.25) is 0 Å². The van der Waals surface area contributed by atoms with Crippen LogP contribution < -0.4 is 14.5 Å². The number of para-hydroxylation sites is 4. The third kappa shape index (κ3) is 8.02. The number of anilines is 4. The van der Waals surface area contributed by atoms with Crippen molar-refractivity contribution in [3.05, 3.63) is 225 Å². The topological polar surface area (TPSA) is 33.5 Å². The van der Waals surface area contributed by atoms with E-state index in [1.165, 1.54) is 0 Å². The molecule has 0 fully saturated rings. The summed E-state index contributed by atoms with van der Waals surface area (Å²) in [5.74, 6) is 1.41. The van der Waals surface area contributed by atoms with E-state index in [-0.39, 0.29) is 32.7 Å². The number of fused-ring (bicyclic) bond motifs is 4. The Morgan fingerprint density at radius 3 is 1.80 bits per heavy atom. The molecular weight excluding hydrogens is 976 g/mol. The van der Waals surface area contributed by atoms with Gasteiger partial charge in [0.15, 0.2) is 0 Å². The van der Waals surface area contributed by atoms with Crippen molar-refractivity contribution in [3.63, 3.8) is 0 Å². The van der Waals surface area contributed by atoms with Crippen molar-refractivity contribution < 1.29 is 28.5 Å². The van der Waals surface area contributed by atoms with Gasteiger partial charge in [0.25, 0.3) is 0 Å². The molecule has 1 aliphatic rings. The van der Waals surface area contributed by atoms with Gasteiger partial charge in [-0.2, -0.15) is 12.1 Å². The van der Waals surface area contributed by atoms with E-state index in [4.69, 9.17) is 9.72 Å². The zero-order valence-corrected chi connectivity index (χ0v) is 38.5. The van der Waals surface area contributed by atoms with Gasteiger partial charge in [0, 0.05) is 78.0 Å². The Morgan fingerprint density at radius 1 is 0.569 bits per heavy atom. The molecule has 320 valence electrons. The van der Waals surface area contributed by atoms with Crippen LogP contribution in [0.4, 0.5) is 22.7 Å². The zero-order valence-electron chi connectivity index (χ0n) is 38.2. The van der Waals surface area contributed by atoms with Gasteiger partial charge >= 0.3 is 0 Å². The standard InChI is InChI=1S/C59H45N4O.Pt/c1-59(2,3)38-44-35-57(60-39-52(44)43-23-11-6-12-24-43)63-53-30-14-13-27-50(53)51-34-33-47(37-56(51)63)64-46-26-17-25-45(36-46)61-40-62(55-32-16-15-31-54(55)61)58-48(41-19-7-4-8-20-41)28-18-29-49(58)42-21-9-5-10-22-42;/h4-35,39-40H,38H2,1-3H3;/q-3;/i35D,39D;. The summed E-state index contributed by atoms with van der Waals surface area (Å²) in [6.45, 7) is 8.64. The molecule has 0 unspecified atom stereocenters. The zero-order chi connectivity index (χ0) is 44.9. The molecule has 11 rings (SSSR count). The van der Waals surface area contributed by atoms with Crippen LogP contribution in [0.2, 0.25) is 0 Å². The van der Waals surface area contributed by atoms with Crippen LogP contribution in [-0.2, 0) is 27.5 Å². The largest absolute Gasteiger partial charge is 0.509 e. The number of ether oxygens (including phenoxy) is 1. The number of rotatable bonds is 9. The van der Waals surface area contributed by atoms with Gasteiger partial charge in [0.1, 0.15) is 5.82 Å². The van der Waals surface area contributed by atoms with Crippen LogP contribution in [0.15, 0.2) is 200 Å². The molecule has 0 bridgehead atoms. The van der Waals surface area contributed by atoms with Crippen molar-refractivity contribution in [1.82, 2.24) is 9.55 Å². The van der Waals surface area contributed by atoms with Crippen molar-refractivity contribution in [2.24, 2.45) is 5.41 Å². The van der Waals surface area contributed by atoms with Crippen LogP contribution in [0.5, 0.6) is 11.5 Å². The van der Waals surface area contributed by atoms with Crippen LogP contribution >= 0.6 is 0 Å². The van der Waals surface area contributed by atoms with Gasteiger partial charge < -0.3 is 19.1 Å². The van der Waals surface area contributed by atoms with Crippen molar-refractivity contribution in [3.8, 4) is 50.7 Å². The monoisotopic (exact) mass is 1020 g/mol. The van der Waals surface area contributed by atoms with Crippen LogP contribution in [0.3, 0.4) is 0 Å². The van der Waals surface area contributed by atoms with Crippen molar-refractivity contribution in [2.45, 2.75) is 27.2 Å². The molecule has 8 aromatic carbocycles. The molecule has 3 heterocycles. The fraction of sp³-hybridized carbons (Fsp3) is 0.0847. The average molecular weight is 1020 g/mol. The third-order valence-electron chi connectivity index (χ3n) is 11.7. The van der Waals surface area contributed by atoms with Crippen LogP contribution in [0.25, 0.3) is 61.0 Å². The minimum atomic E-state index is -0.145. The molecule has 65 heavy (non-hydrogen) atoms. The van der Waals surface area contributed by atoms with Gasteiger partial charge in [-0.15, -0.1) is 48.1 Å². The van der Waals surface area contributed by atoms with Gasteiger partial charge in [-0.25, -0.2) is 4.98 Å². The summed E-state index contributed by atoms with van der Waals surface area (Å²) < 4.78 is 27.8. The Hall–Kier alpha value is -7.20. The fourth-order valence-electron chi connectivity index (χ4n) is 8.91. The molecule has 1 aliphatic heterocycles. The maximum atomic E-state index is 9.78. The third-order valence-corrected chi connectivity index (χ3v) is 11.7. The van der Waals surface area contributed by atoms with E-state index in [2.05, 4.69) is 159 Å². The Balaban J connectivity index is 0.00000525. The number of hydrogen-bond donors (Lipinski definition) is 0. The molecule has 0 atom stereocenters.